The molecule has 2 heteroatoms. The molecule has 1 heterocycles. The van der Waals surface area contributed by atoms with E-state index in [2.05, 4.69) is 32.6 Å². The summed E-state index contributed by atoms with van der Waals surface area (Å²) in [5, 5.41) is 0. The van der Waals surface area contributed by atoms with Crippen molar-refractivity contribution in [3.05, 3.63) is 0 Å². The molecule has 1 saturated heterocycles. The van der Waals surface area contributed by atoms with Gasteiger partial charge in [0.05, 0.1) is 0 Å². The fourth-order valence-electron chi connectivity index (χ4n) is 3.92. The molecule has 1 aliphatic heterocycles. The van der Waals surface area contributed by atoms with Crippen LogP contribution in [0.2, 0.25) is 0 Å². The third-order valence-corrected chi connectivity index (χ3v) is 5.98. The van der Waals surface area contributed by atoms with Gasteiger partial charge in [0.25, 0.3) is 0 Å². The van der Waals surface area contributed by atoms with Gasteiger partial charge in [-0.15, -0.1) is 0 Å². The zero-order valence-electron chi connectivity index (χ0n) is 13.5. The van der Waals surface area contributed by atoms with Crippen LogP contribution in [-0.2, 0) is 0 Å². The summed E-state index contributed by atoms with van der Waals surface area (Å²) in [6.45, 7) is 13.4. The molecule has 0 aromatic heterocycles. The lowest BCUT2D eigenvalue weighted by molar-refractivity contribution is 0.0689. The summed E-state index contributed by atoms with van der Waals surface area (Å²) in [6.07, 6.45) is 7.91. The van der Waals surface area contributed by atoms with Crippen molar-refractivity contribution in [1.82, 2.24) is 4.90 Å². The Bertz CT molecular complexity index is 290. The van der Waals surface area contributed by atoms with Crippen LogP contribution in [0.3, 0.4) is 0 Å². The average Bonchev–Trinajstić information content (AvgIpc) is 2.37. The van der Waals surface area contributed by atoms with Crippen molar-refractivity contribution in [2.45, 2.75) is 72.3 Å². The Morgan fingerprint density at radius 2 is 1.74 bits per heavy atom. The highest BCUT2D eigenvalue weighted by atomic mass is 15.1. The maximum absolute atomic E-state index is 6.37. The number of nitrogens with two attached hydrogens (primary N) is 1. The molecule has 0 aromatic rings. The molecule has 112 valence electrons. The van der Waals surface area contributed by atoms with Gasteiger partial charge in [0.1, 0.15) is 0 Å². The number of rotatable bonds is 3. The Kier molecular flexibility index (Phi) is 4.62. The van der Waals surface area contributed by atoms with Gasteiger partial charge in [-0.2, -0.15) is 0 Å². The summed E-state index contributed by atoms with van der Waals surface area (Å²) >= 11 is 0. The molecule has 2 fully saturated rings. The van der Waals surface area contributed by atoms with E-state index in [0.717, 1.165) is 5.92 Å². The molecule has 1 aliphatic carbocycles. The minimum atomic E-state index is 0.438. The van der Waals surface area contributed by atoms with Gasteiger partial charge in [0.15, 0.2) is 0 Å². The quantitative estimate of drug-likeness (QED) is 0.845. The van der Waals surface area contributed by atoms with Crippen molar-refractivity contribution in [2.75, 3.05) is 19.6 Å². The number of piperidine rings is 1. The molecule has 0 radical (unpaired) electrons. The van der Waals surface area contributed by atoms with Gasteiger partial charge in [-0.3, -0.25) is 0 Å². The van der Waals surface area contributed by atoms with E-state index < -0.39 is 0 Å². The molecular formula is C17H34N2. The van der Waals surface area contributed by atoms with Crippen molar-refractivity contribution in [3.63, 3.8) is 0 Å². The number of hydrogen-bond donors (Lipinski definition) is 1. The maximum atomic E-state index is 6.37. The average molecular weight is 266 g/mol. The van der Waals surface area contributed by atoms with Crippen LogP contribution >= 0.6 is 0 Å². The Balaban J connectivity index is 1.84. The molecule has 2 N–H and O–H groups in total. The number of likely N-dealkylation sites (tertiary alicyclic amines) is 1. The van der Waals surface area contributed by atoms with E-state index in [1.807, 2.05) is 0 Å². The van der Waals surface area contributed by atoms with Crippen LogP contribution in [0.1, 0.15) is 66.2 Å². The summed E-state index contributed by atoms with van der Waals surface area (Å²) in [4.78, 5) is 2.68. The fourth-order valence-corrected chi connectivity index (χ4v) is 3.92. The molecule has 2 aliphatic rings. The first kappa shape index (κ1) is 15.3. The predicted molar refractivity (Wildman–Crippen MR) is 83.2 cm³/mol. The van der Waals surface area contributed by atoms with E-state index in [1.54, 1.807) is 0 Å². The molecule has 2 unspecified atom stereocenters. The minimum absolute atomic E-state index is 0.438. The van der Waals surface area contributed by atoms with E-state index in [4.69, 9.17) is 5.73 Å². The first-order valence-electron chi connectivity index (χ1n) is 8.31. The molecule has 0 bridgehead atoms. The maximum Gasteiger partial charge on any atom is 0.00797 e. The van der Waals surface area contributed by atoms with E-state index in [0.29, 0.717) is 16.9 Å². The first-order valence-corrected chi connectivity index (χ1v) is 8.31. The van der Waals surface area contributed by atoms with Gasteiger partial charge >= 0.3 is 0 Å². The molecule has 0 aromatic carbocycles. The molecule has 1 saturated carbocycles. The lowest BCUT2D eigenvalue weighted by Gasteiger charge is -2.44. The first-order chi connectivity index (χ1) is 8.84. The van der Waals surface area contributed by atoms with Crippen molar-refractivity contribution in [3.8, 4) is 0 Å². The van der Waals surface area contributed by atoms with Gasteiger partial charge < -0.3 is 10.6 Å². The van der Waals surface area contributed by atoms with Crippen molar-refractivity contribution < 1.29 is 0 Å². The second-order valence-electron chi connectivity index (χ2n) is 8.30. The summed E-state index contributed by atoms with van der Waals surface area (Å²) in [5.41, 5.74) is 7.48. The van der Waals surface area contributed by atoms with Crippen LogP contribution in [-0.4, -0.2) is 30.6 Å². The van der Waals surface area contributed by atoms with E-state index >= 15 is 0 Å². The Morgan fingerprint density at radius 1 is 1.11 bits per heavy atom. The topological polar surface area (TPSA) is 29.3 Å². The predicted octanol–water partition coefficient (Wildman–Crippen LogP) is 3.65. The van der Waals surface area contributed by atoms with Crippen molar-refractivity contribution >= 4 is 0 Å². The SMILES string of the molecule is CCC1(C)CCN(CC2CC(C)(C)CCC2N)CC1. The van der Waals surface area contributed by atoms with E-state index in [-0.39, 0.29) is 0 Å². The molecule has 19 heavy (non-hydrogen) atoms. The summed E-state index contributed by atoms with van der Waals surface area (Å²) in [6, 6.07) is 0.438. The van der Waals surface area contributed by atoms with Gasteiger partial charge in [0.2, 0.25) is 0 Å². The molecule has 0 amide bonds. The van der Waals surface area contributed by atoms with Crippen LogP contribution in [0.15, 0.2) is 0 Å². The Hall–Kier alpha value is -0.0800. The standard InChI is InChI=1S/C17H34N2/c1-5-17(4)8-10-19(11-9-17)13-14-12-16(2,3)7-6-15(14)18/h14-15H,5-13,18H2,1-4H3. The lowest BCUT2D eigenvalue weighted by Crippen LogP contribution is -2.47. The second-order valence-corrected chi connectivity index (χ2v) is 8.30. The Labute approximate surface area is 120 Å². The molecule has 2 atom stereocenters. The number of nitrogens with zero attached hydrogens (tertiary/aromatic N) is 1. The van der Waals surface area contributed by atoms with Crippen molar-refractivity contribution in [2.24, 2.45) is 22.5 Å². The summed E-state index contributed by atoms with van der Waals surface area (Å²) in [7, 11) is 0. The second kappa shape index (κ2) is 5.73. The fraction of sp³-hybridized carbons (Fsp3) is 1.00. The zero-order valence-corrected chi connectivity index (χ0v) is 13.5. The lowest BCUT2D eigenvalue weighted by atomic mass is 9.69. The van der Waals surface area contributed by atoms with Gasteiger partial charge in [-0.05, 0) is 61.9 Å². The van der Waals surface area contributed by atoms with E-state index in [1.165, 1.54) is 58.2 Å². The monoisotopic (exact) mass is 266 g/mol. The highest BCUT2D eigenvalue weighted by molar-refractivity contribution is 4.90. The highest BCUT2D eigenvalue weighted by Gasteiger charge is 2.35. The molecule has 0 spiro atoms. The smallest absolute Gasteiger partial charge is 0.00797 e. The van der Waals surface area contributed by atoms with Crippen LogP contribution < -0.4 is 5.73 Å². The summed E-state index contributed by atoms with van der Waals surface area (Å²) in [5.74, 6) is 0.717. The third-order valence-electron chi connectivity index (χ3n) is 5.98. The zero-order chi connectivity index (χ0) is 14.1. The van der Waals surface area contributed by atoms with Gasteiger partial charge in [0, 0.05) is 12.6 Å². The van der Waals surface area contributed by atoms with Crippen molar-refractivity contribution in [1.29, 1.82) is 0 Å². The van der Waals surface area contributed by atoms with Gasteiger partial charge in [-0.1, -0.05) is 34.1 Å². The van der Waals surface area contributed by atoms with Crippen LogP contribution in [0, 0.1) is 16.7 Å². The highest BCUT2D eigenvalue weighted by Crippen LogP contribution is 2.39. The number of hydrogen-bond acceptors (Lipinski definition) is 2. The minimum Gasteiger partial charge on any atom is -0.327 e. The van der Waals surface area contributed by atoms with Crippen LogP contribution in [0.4, 0.5) is 0 Å². The van der Waals surface area contributed by atoms with Gasteiger partial charge in [-0.25, -0.2) is 0 Å². The largest absolute Gasteiger partial charge is 0.327 e. The molecule has 2 rings (SSSR count). The normalized spacial score (nSPS) is 35.2. The Morgan fingerprint density at radius 3 is 2.32 bits per heavy atom. The van der Waals surface area contributed by atoms with Crippen LogP contribution in [0.5, 0.6) is 0 Å². The molecular weight excluding hydrogens is 232 g/mol. The van der Waals surface area contributed by atoms with E-state index in [9.17, 15) is 0 Å². The third kappa shape index (κ3) is 3.95. The summed E-state index contributed by atoms with van der Waals surface area (Å²) < 4.78 is 0. The molecule has 2 nitrogen and oxygen atoms in total. The van der Waals surface area contributed by atoms with Crippen LogP contribution in [0.25, 0.3) is 0 Å².